The molecule has 3 atom stereocenters. The van der Waals surface area contributed by atoms with Gasteiger partial charge in [0.2, 0.25) is 5.75 Å². The Morgan fingerprint density at radius 1 is 1.43 bits per heavy atom. The van der Waals surface area contributed by atoms with Gasteiger partial charge >= 0.3 is 5.82 Å². The van der Waals surface area contributed by atoms with E-state index in [-0.39, 0.29) is 30.1 Å². The Balaban J connectivity index is 1.93. The van der Waals surface area contributed by atoms with E-state index in [2.05, 4.69) is 24.1 Å². The van der Waals surface area contributed by atoms with Crippen molar-refractivity contribution < 1.29 is 14.5 Å². The molecule has 1 aromatic rings. The number of rotatable bonds is 5. The Kier molecular flexibility index (Phi) is 5.52. The minimum atomic E-state index is -0.606. The first-order chi connectivity index (χ1) is 10.9. The molecule has 1 aliphatic rings. The van der Waals surface area contributed by atoms with Gasteiger partial charge < -0.3 is 20.2 Å². The largest absolute Gasteiger partial charge is 0.476 e. The molecule has 1 amide bonds. The summed E-state index contributed by atoms with van der Waals surface area (Å²) in [5.41, 5.74) is 0.526. The second kappa shape index (κ2) is 7.39. The average molecular weight is 321 g/mol. The summed E-state index contributed by atoms with van der Waals surface area (Å²) in [5.74, 6) is 0.393. The molecule has 1 fully saturated rings. The van der Waals surface area contributed by atoms with Crippen LogP contribution >= 0.6 is 0 Å². The van der Waals surface area contributed by atoms with E-state index >= 15 is 0 Å². The number of aryl methyl sites for hydroxylation is 1. The number of nitro groups is 1. The van der Waals surface area contributed by atoms with E-state index in [4.69, 9.17) is 4.74 Å². The maximum Gasteiger partial charge on any atom is 0.406 e. The number of ether oxygens (including phenoxy) is 1. The van der Waals surface area contributed by atoms with Crippen LogP contribution in [0.5, 0.6) is 5.75 Å². The molecule has 2 rings (SSSR count). The van der Waals surface area contributed by atoms with Gasteiger partial charge in [-0.05, 0) is 40.3 Å². The summed E-state index contributed by atoms with van der Waals surface area (Å²) in [6.07, 6.45) is 3.25. The van der Waals surface area contributed by atoms with Gasteiger partial charge in [0.1, 0.15) is 5.69 Å². The molecule has 0 aliphatic heterocycles. The maximum absolute atomic E-state index is 12.1. The normalized spacial score (nSPS) is 24.0. The molecule has 126 valence electrons. The quantitative estimate of drug-likeness (QED) is 0.664. The van der Waals surface area contributed by atoms with E-state index in [1.165, 1.54) is 12.5 Å². The number of carbonyl (C=O) groups is 1. The lowest BCUT2D eigenvalue weighted by Gasteiger charge is -2.34. The third-order valence-corrected chi connectivity index (χ3v) is 4.56. The van der Waals surface area contributed by atoms with Crippen molar-refractivity contribution in [3.63, 3.8) is 0 Å². The molecule has 0 aromatic carbocycles. The first kappa shape index (κ1) is 17.2. The highest BCUT2D eigenvalue weighted by molar-refractivity contribution is 5.78. The SMILES string of the molecule is Cc1ccc(OCC(=O)N[C@H]2CCC[C@H](C)[C@@H]2C)c([N+](=O)[O-])n1. The number of nitrogens with one attached hydrogen (secondary N) is 1. The van der Waals surface area contributed by atoms with E-state index in [0.29, 0.717) is 17.5 Å². The molecule has 1 heterocycles. The molecule has 0 bridgehead atoms. The van der Waals surface area contributed by atoms with Crippen LogP contribution in [0.3, 0.4) is 0 Å². The lowest BCUT2D eigenvalue weighted by atomic mass is 9.78. The van der Waals surface area contributed by atoms with Gasteiger partial charge in [-0.2, -0.15) is 0 Å². The Bertz CT molecular complexity index is 591. The standard InChI is InChI=1S/C16H23N3O4/c1-10-5-4-6-13(12(10)3)18-15(20)9-23-14-8-7-11(2)17-16(14)19(21)22/h7-8,10,12-13H,4-6,9H2,1-3H3,(H,18,20)/t10-,12-,13-/m0/s1. The first-order valence-corrected chi connectivity index (χ1v) is 7.92. The van der Waals surface area contributed by atoms with E-state index in [1.807, 2.05) is 0 Å². The average Bonchev–Trinajstić information content (AvgIpc) is 2.50. The van der Waals surface area contributed by atoms with Crippen LogP contribution in [0.2, 0.25) is 0 Å². The van der Waals surface area contributed by atoms with Crippen molar-refractivity contribution in [3.8, 4) is 5.75 Å². The number of amides is 1. The summed E-state index contributed by atoms with van der Waals surface area (Å²) < 4.78 is 5.30. The highest BCUT2D eigenvalue weighted by Gasteiger charge is 2.28. The third kappa shape index (κ3) is 4.40. The van der Waals surface area contributed by atoms with Gasteiger partial charge in [-0.1, -0.05) is 26.7 Å². The zero-order valence-corrected chi connectivity index (χ0v) is 13.7. The summed E-state index contributed by atoms with van der Waals surface area (Å²) >= 11 is 0. The Labute approximate surface area is 135 Å². The molecule has 1 aromatic heterocycles. The highest BCUT2D eigenvalue weighted by Crippen LogP contribution is 2.29. The van der Waals surface area contributed by atoms with Gasteiger partial charge in [0.15, 0.2) is 6.61 Å². The number of hydrogen-bond donors (Lipinski definition) is 1. The predicted octanol–water partition coefficient (Wildman–Crippen LogP) is 2.62. The van der Waals surface area contributed by atoms with E-state index in [9.17, 15) is 14.9 Å². The van der Waals surface area contributed by atoms with Crippen LogP contribution in [0.25, 0.3) is 0 Å². The zero-order chi connectivity index (χ0) is 17.0. The molecule has 1 N–H and O–H groups in total. The summed E-state index contributed by atoms with van der Waals surface area (Å²) in [5, 5.41) is 14.0. The summed E-state index contributed by atoms with van der Waals surface area (Å²) in [6, 6.07) is 3.23. The Morgan fingerprint density at radius 2 is 2.17 bits per heavy atom. The number of pyridine rings is 1. The van der Waals surface area contributed by atoms with Crippen molar-refractivity contribution in [2.24, 2.45) is 11.8 Å². The topological polar surface area (TPSA) is 94.4 Å². The van der Waals surface area contributed by atoms with E-state index in [1.54, 1.807) is 13.0 Å². The van der Waals surface area contributed by atoms with Crippen molar-refractivity contribution in [2.75, 3.05) is 6.61 Å². The van der Waals surface area contributed by atoms with Crippen molar-refractivity contribution in [1.29, 1.82) is 0 Å². The fourth-order valence-electron chi connectivity index (χ4n) is 2.95. The van der Waals surface area contributed by atoms with Crippen molar-refractivity contribution in [2.45, 2.75) is 46.1 Å². The van der Waals surface area contributed by atoms with E-state index < -0.39 is 4.92 Å². The van der Waals surface area contributed by atoms with Crippen LogP contribution < -0.4 is 10.1 Å². The summed E-state index contributed by atoms with van der Waals surface area (Å²) in [6.45, 7) is 5.75. The van der Waals surface area contributed by atoms with Crippen molar-refractivity contribution in [3.05, 3.63) is 27.9 Å². The number of nitrogens with zero attached hydrogens (tertiary/aromatic N) is 2. The van der Waals surface area contributed by atoms with Crippen molar-refractivity contribution in [1.82, 2.24) is 10.3 Å². The number of aromatic nitrogens is 1. The monoisotopic (exact) mass is 321 g/mol. The van der Waals surface area contributed by atoms with Crippen LogP contribution in [0, 0.1) is 28.9 Å². The van der Waals surface area contributed by atoms with Crippen molar-refractivity contribution >= 4 is 11.7 Å². The van der Waals surface area contributed by atoms with Gasteiger partial charge in [-0.3, -0.25) is 4.79 Å². The van der Waals surface area contributed by atoms with E-state index in [0.717, 1.165) is 12.8 Å². The molecule has 1 saturated carbocycles. The number of carbonyl (C=O) groups excluding carboxylic acids is 1. The third-order valence-electron chi connectivity index (χ3n) is 4.56. The zero-order valence-electron chi connectivity index (χ0n) is 13.7. The molecular formula is C16H23N3O4. The summed E-state index contributed by atoms with van der Waals surface area (Å²) in [4.78, 5) is 26.3. The van der Waals surface area contributed by atoms with Gasteiger partial charge in [-0.25, -0.2) is 0 Å². The minimum Gasteiger partial charge on any atom is -0.476 e. The smallest absolute Gasteiger partial charge is 0.406 e. The maximum atomic E-state index is 12.1. The molecule has 0 saturated heterocycles. The van der Waals surface area contributed by atoms with Gasteiger partial charge in [0, 0.05) is 13.0 Å². The van der Waals surface area contributed by atoms with Crippen LogP contribution in [0.4, 0.5) is 5.82 Å². The molecule has 0 spiro atoms. The number of hydrogen-bond acceptors (Lipinski definition) is 5. The van der Waals surface area contributed by atoms with Gasteiger partial charge in [-0.15, -0.1) is 0 Å². The predicted molar refractivity (Wildman–Crippen MR) is 85.2 cm³/mol. The second-order valence-electron chi connectivity index (χ2n) is 6.26. The molecule has 1 aliphatic carbocycles. The lowest BCUT2D eigenvalue weighted by molar-refractivity contribution is -0.390. The van der Waals surface area contributed by atoms with Crippen LogP contribution in [0.15, 0.2) is 12.1 Å². The lowest BCUT2D eigenvalue weighted by Crippen LogP contribution is -2.45. The Hall–Kier alpha value is -2.18. The minimum absolute atomic E-state index is 0.0146. The molecule has 0 unspecified atom stereocenters. The second-order valence-corrected chi connectivity index (χ2v) is 6.26. The van der Waals surface area contributed by atoms with Gasteiger partial charge in [0.05, 0.1) is 0 Å². The highest BCUT2D eigenvalue weighted by atomic mass is 16.6. The fourth-order valence-corrected chi connectivity index (χ4v) is 2.95. The summed E-state index contributed by atoms with van der Waals surface area (Å²) in [7, 11) is 0. The molecule has 0 radical (unpaired) electrons. The first-order valence-electron chi connectivity index (χ1n) is 7.92. The molecule has 7 heteroatoms. The fraction of sp³-hybridized carbons (Fsp3) is 0.625. The van der Waals surface area contributed by atoms with Crippen LogP contribution in [0.1, 0.15) is 38.8 Å². The molecule has 23 heavy (non-hydrogen) atoms. The Morgan fingerprint density at radius 3 is 2.87 bits per heavy atom. The van der Waals surface area contributed by atoms with Crippen LogP contribution in [-0.2, 0) is 4.79 Å². The molecule has 7 nitrogen and oxygen atoms in total. The van der Waals surface area contributed by atoms with Crippen LogP contribution in [-0.4, -0.2) is 28.5 Å². The molecular weight excluding hydrogens is 298 g/mol. The van der Waals surface area contributed by atoms with Gasteiger partial charge in [0.25, 0.3) is 5.91 Å².